The van der Waals surface area contributed by atoms with E-state index in [2.05, 4.69) is 6.58 Å². The molecule has 0 aromatic carbocycles. The Morgan fingerprint density at radius 3 is 1.75 bits per heavy atom. The first-order chi connectivity index (χ1) is 5.10. The van der Waals surface area contributed by atoms with Crippen molar-refractivity contribution < 1.29 is 13.2 Å². The highest BCUT2D eigenvalue weighted by atomic mass is 32.2. The number of amides is 1. The zero-order chi connectivity index (χ0) is 10.2. The fourth-order valence-electron chi connectivity index (χ4n) is 0.502. The summed E-state index contributed by atoms with van der Waals surface area (Å²) in [5.41, 5.74) is 4.80. The van der Waals surface area contributed by atoms with Crippen LogP contribution in [0.15, 0.2) is 11.5 Å². The number of sulfone groups is 1. The molecule has 0 radical (unpaired) electrons. The zero-order valence-electron chi connectivity index (χ0n) is 7.42. The van der Waals surface area contributed by atoms with Gasteiger partial charge in [-0.15, -0.1) is 0 Å². The van der Waals surface area contributed by atoms with Crippen molar-refractivity contribution in [3.63, 3.8) is 0 Å². The van der Waals surface area contributed by atoms with E-state index in [1.54, 1.807) is 0 Å². The number of carbonyl (C=O) groups is 1. The van der Waals surface area contributed by atoms with Crippen LogP contribution in [0.3, 0.4) is 0 Å². The van der Waals surface area contributed by atoms with Crippen LogP contribution in [0.4, 0.5) is 0 Å². The van der Waals surface area contributed by atoms with E-state index in [0.29, 0.717) is 0 Å². The fraction of sp³-hybridized carbons (Fsp3) is 0.571. The second-order valence-electron chi connectivity index (χ2n) is 3.40. The van der Waals surface area contributed by atoms with E-state index < -0.39 is 25.4 Å². The molecule has 0 aliphatic heterocycles. The molecule has 0 bridgehead atoms. The van der Waals surface area contributed by atoms with E-state index in [1.165, 1.54) is 20.8 Å². The molecule has 70 valence electrons. The molecule has 0 unspecified atom stereocenters. The highest BCUT2D eigenvalue weighted by Gasteiger charge is 2.34. The molecule has 0 atom stereocenters. The largest absolute Gasteiger partial charge is 0.365 e. The zero-order valence-corrected chi connectivity index (χ0v) is 8.23. The predicted octanol–water partition coefficient (Wildman–Crippen LogP) is 0.199. The van der Waals surface area contributed by atoms with Gasteiger partial charge in [0.2, 0.25) is 0 Å². The third kappa shape index (κ3) is 1.85. The maximum absolute atomic E-state index is 11.4. The Kier molecular flexibility index (Phi) is 2.69. The summed E-state index contributed by atoms with van der Waals surface area (Å²) >= 11 is 0. The van der Waals surface area contributed by atoms with E-state index in [0.717, 1.165) is 0 Å². The first-order valence-corrected chi connectivity index (χ1v) is 4.82. The van der Waals surface area contributed by atoms with Crippen LogP contribution < -0.4 is 5.73 Å². The monoisotopic (exact) mass is 191 g/mol. The molecule has 0 spiro atoms. The lowest BCUT2D eigenvalue weighted by Gasteiger charge is -2.18. The van der Waals surface area contributed by atoms with Gasteiger partial charge < -0.3 is 5.73 Å². The molecule has 0 aliphatic rings. The van der Waals surface area contributed by atoms with Gasteiger partial charge in [0.25, 0.3) is 5.91 Å². The van der Waals surface area contributed by atoms with E-state index in [4.69, 9.17) is 5.73 Å². The molecule has 0 saturated carbocycles. The van der Waals surface area contributed by atoms with Crippen molar-refractivity contribution in [3.8, 4) is 0 Å². The van der Waals surface area contributed by atoms with Crippen molar-refractivity contribution in [1.82, 2.24) is 0 Å². The van der Waals surface area contributed by atoms with Crippen LogP contribution in [-0.4, -0.2) is 19.1 Å². The minimum atomic E-state index is -3.64. The molecular formula is C7H13NO3S. The highest BCUT2D eigenvalue weighted by Crippen LogP contribution is 2.21. The van der Waals surface area contributed by atoms with Gasteiger partial charge >= 0.3 is 0 Å². The molecular weight excluding hydrogens is 178 g/mol. The Hall–Kier alpha value is -0.840. The van der Waals surface area contributed by atoms with Crippen molar-refractivity contribution in [2.75, 3.05) is 0 Å². The fourth-order valence-corrected chi connectivity index (χ4v) is 1.51. The van der Waals surface area contributed by atoms with Gasteiger partial charge in [0.1, 0.15) is 4.91 Å². The Morgan fingerprint density at radius 1 is 1.33 bits per heavy atom. The second kappa shape index (κ2) is 2.90. The normalized spacial score (nSPS) is 12.6. The molecule has 0 fully saturated rings. The van der Waals surface area contributed by atoms with E-state index >= 15 is 0 Å². The summed E-state index contributed by atoms with van der Waals surface area (Å²) in [6, 6.07) is 0. The number of hydrogen-bond donors (Lipinski definition) is 1. The lowest BCUT2D eigenvalue weighted by atomic mass is 10.3. The number of hydrogen-bond acceptors (Lipinski definition) is 3. The Labute approximate surface area is 72.4 Å². The van der Waals surface area contributed by atoms with Gasteiger partial charge in [-0.05, 0) is 20.8 Å². The molecule has 0 saturated heterocycles. The minimum Gasteiger partial charge on any atom is -0.365 e. The van der Waals surface area contributed by atoms with Gasteiger partial charge in [0, 0.05) is 0 Å². The third-order valence-corrected chi connectivity index (χ3v) is 3.87. The Morgan fingerprint density at radius 2 is 1.67 bits per heavy atom. The predicted molar refractivity (Wildman–Crippen MR) is 47.0 cm³/mol. The summed E-state index contributed by atoms with van der Waals surface area (Å²) in [5, 5.41) is 0. The van der Waals surface area contributed by atoms with Crippen molar-refractivity contribution >= 4 is 15.7 Å². The van der Waals surface area contributed by atoms with Gasteiger partial charge in [0.15, 0.2) is 9.84 Å². The molecule has 5 heteroatoms. The van der Waals surface area contributed by atoms with Crippen molar-refractivity contribution in [3.05, 3.63) is 11.5 Å². The maximum atomic E-state index is 11.4. The van der Waals surface area contributed by atoms with Crippen LogP contribution >= 0.6 is 0 Å². The van der Waals surface area contributed by atoms with Gasteiger partial charge in [-0.3, -0.25) is 4.79 Å². The topological polar surface area (TPSA) is 77.2 Å². The number of carbonyl (C=O) groups excluding carboxylic acids is 1. The average Bonchev–Trinajstić information content (AvgIpc) is 1.83. The van der Waals surface area contributed by atoms with Crippen molar-refractivity contribution in [1.29, 1.82) is 0 Å². The van der Waals surface area contributed by atoms with E-state index in [1.807, 2.05) is 0 Å². The quantitative estimate of drug-likeness (QED) is 0.633. The average molecular weight is 191 g/mol. The lowest BCUT2D eigenvalue weighted by molar-refractivity contribution is -0.113. The summed E-state index contributed by atoms with van der Waals surface area (Å²) in [5.74, 6) is -0.995. The number of primary amides is 1. The van der Waals surface area contributed by atoms with Crippen LogP contribution in [0.5, 0.6) is 0 Å². The lowest BCUT2D eigenvalue weighted by Crippen LogP contribution is -2.33. The Bertz CT molecular complexity index is 308. The standard InChI is InChI=1S/C7H13NO3S/c1-5(6(8)9)12(10,11)7(2,3)4/h1H2,2-4H3,(H2,8,9). The highest BCUT2D eigenvalue weighted by molar-refractivity contribution is 7.97. The Balaban J connectivity index is 5.18. The summed E-state index contributed by atoms with van der Waals surface area (Å²) in [7, 11) is -3.64. The van der Waals surface area contributed by atoms with Gasteiger partial charge in [-0.1, -0.05) is 6.58 Å². The number of rotatable bonds is 2. The molecule has 0 aromatic rings. The van der Waals surface area contributed by atoms with Crippen LogP contribution in [0.2, 0.25) is 0 Å². The maximum Gasteiger partial charge on any atom is 0.259 e. The molecule has 0 heterocycles. The summed E-state index contributed by atoms with van der Waals surface area (Å²) in [6.07, 6.45) is 0. The first-order valence-electron chi connectivity index (χ1n) is 3.34. The van der Waals surface area contributed by atoms with Crippen LogP contribution in [-0.2, 0) is 14.6 Å². The minimum absolute atomic E-state index is 0.532. The van der Waals surface area contributed by atoms with E-state index in [9.17, 15) is 13.2 Å². The van der Waals surface area contributed by atoms with Gasteiger partial charge in [-0.2, -0.15) is 0 Å². The van der Waals surface area contributed by atoms with Crippen molar-refractivity contribution in [2.45, 2.75) is 25.5 Å². The summed E-state index contributed by atoms with van der Waals surface area (Å²) in [4.78, 5) is 10.0. The molecule has 0 rings (SSSR count). The van der Waals surface area contributed by atoms with Crippen LogP contribution in [0.1, 0.15) is 20.8 Å². The molecule has 2 N–H and O–H groups in total. The third-order valence-electron chi connectivity index (χ3n) is 1.41. The van der Waals surface area contributed by atoms with Crippen molar-refractivity contribution in [2.24, 2.45) is 5.73 Å². The van der Waals surface area contributed by atoms with Crippen LogP contribution in [0, 0.1) is 0 Å². The first kappa shape index (κ1) is 11.2. The van der Waals surface area contributed by atoms with Crippen LogP contribution in [0.25, 0.3) is 0 Å². The van der Waals surface area contributed by atoms with Gasteiger partial charge in [0.05, 0.1) is 4.75 Å². The molecule has 0 aliphatic carbocycles. The van der Waals surface area contributed by atoms with E-state index in [-0.39, 0.29) is 0 Å². The smallest absolute Gasteiger partial charge is 0.259 e. The summed E-state index contributed by atoms with van der Waals surface area (Å²) in [6.45, 7) is 7.58. The van der Waals surface area contributed by atoms with Gasteiger partial charge in [-0.25, -0.2) is 8.42 Å². The molecule has 12 heavy (non-hydrogen) atoms. The number of nitrogens with two attached hydrogens (primary N) is 1. The molecule has 4 nitrogen and oxygen atoms in total. The molecule has 1 amide bonds. The summed E-state index contributed by atoms with van der Waals surface area (Å²) < 4.78 is 21.8. The SMILES string of the molecule is C=C(C(N)=O)S(=O)(=O)C(C)(C)C. The second-order valence-corrected chi connectivity index (χ2v) is 6.13. The molecule has 0 aromatic heterocycles.